The maximum absolute atomic E-state index is 5.77. The molecule has 0 N–H and O–H groups in total. The molecule has 0 saturated carbocycles. The molecular formula is C14H12N4O2. The first-order chi connectivity index (χ1) is 9.83. The van der Waals surface area contributed by atoms with E-state index in [2.05, 4.69) is 15.2 Å². The molecule has 6 heteroatoms. The Kier molecular flexibility index (Phi) is 2.35. The minimum absolute atomic E-state index is 0.404. The van der Waals surface area contributed by atoms with Crippen LogP contribution in [0.15, 0.2) is 35.1 Å². The second-order valence-electron chi connectivity index (χ2n) is 4.68. The van der Waals surface area contributed by atoms with Gasteiger partial charge in [-0.05, 0) is 13.0 Å². The highest BCUT2D eigenvalue weighted by molar-refractivity contribution is 5.52. The summed E-state index contributed by atoms with van der Waals surface area (Å²) in [6, 6.07) is 7.98. The van der Waals surface area contributed by atoms with Crippen LogP contribution in [0.4, 0.5) is 0 Å². The SMILES string of the molecule is Cc1ocnc1-c1nnc2n1Cc1ccccc1OC2. The van der Waals surface area contributed by atoms with Crippen LogP contribution in [0.25, 0.3) is 11.5 Å². The molecule has 1 aliphatic rings. The molecule has 2 aromatic heterocycles. The molecule has 1 aliphatic heterocycles. The average Bonchev–Trinajstić information content (AvgIpc) is 2.99. The maximum atomic E-state index is 5.77. The fourth-order valence-corrected chi connectivity index (χ4v) is 2.39. The van der Waals surface area contributed by atoms with E-state index in [1.807, 2.05) is 35.8 Å². The number of aromatic nitrogens is 4. The molecule has 3 heterocycles. The highest BCUT2D eigenvalue weighted by Crippen LogP contribution is 2.28. The van der Waals surface area contributed by atoms with Crippen molar-refractivity contribution in [2.24, 2.45) is 0 Å². The molecular weight excluding hydrogens is 256 g/mol. The van der Waals surface area contributed by atoms with Crippen LogP contribution in [0.3, 0.4) is 0 Å². The van der Waals surface area contributed by atoms with Crippen molar-refractivity contribution in [1.29, 1.82) is 0 Å². The average molecular weight is 268 g/mol. The molecule has 0 unspecified atom stereocenters. The molecule has 0 amide bonds. The number of hydrogen-bond acceptors (Lipinski definition) is 5. The van der Waals surface area contributed by atoms with Crippen molar-refractivity contribution in [1.82, 2.24) is 19.7 Å². The maximum Gasteiger partial charge on any atom is 0.186 e. The van der Waals surface area contributed by atoms with E-state index in [0.29, 0.717) is 19.0 Å². The van der Waals surface area contributed by atoms with Crippen LogP contribution in [-0.2, 0) is 13.2 Å². The van der Waals surface area contributed by atoms with Crippen molar-refractivity contribution >= 4 is 0 Å². The van der Waals surface area contributed by atoms with Crippen molar-refractivity contribution in [3.63, 3.8) is 0 Å². The second kappa shape index (κ2) is 4.19. The number of hydrogen-bond donors (Lipinski definition) is 0. The molecule has 1 aromatic carbocycles. The zero-order chi connectivity index (χ0) is 13.5. The number of benzene rings is 1. The van der Waals surface area contributed by atoms with Crippen LogP contribution in [0.1, 0.15) is 17.1 Å². The molecule has 0 radical (unpaired) electrons. The van der Waals surface area contributed by atoms with E-state index in [-0.39, 0.29) is 0 Å². The fourth-order valence-electron chi connectivity index (χ4n) is 2.39. The van der Waals surface area contributed by atoms with Gasteiger partial charge in [-0.25, -0.2) is 4.98 Å². The molecule has 0 bridgehead atoms. The number of rotatable bonds is 1. The summed E-state index contributed by atoms with van der Waals surface area (Å²) in [6.45, 7) is 2.94. The topological polar surface area (TPSA) is 66.0 Å². The first kappa shape index (κ1) is 11.2. The fraction of sp³-hybridized carbons (Fsp3) is 0.214. The lowest BCUT2D eigenvalue weighted by molar-refractivity contribution is 0.297. The molecule has 4 rings (SSSR count). The predicted octanol–water partition coefficient (Wildman–Crippen LogP) is 2.18. The Morgan fingerprint density at radius 1 is 1.20 bits per heavy atom. The summed E-state index contributed by atoms with van der Waals surface area (Å²) in [6.07, 6.45) is 1.42. The summed E-state index contributed by atoms with van der Waals surface area (Å²) in [5.41, 5.74) is 1.83. The molecule has 100 valence electrons. The van der Waals surface area contributed by atoms with Crippen molar-refractivity contribution < 1.29 is 9.15 Å². The number of aryl methyl sites for hydroxylation is 1. The smallest absolute Gasteiger partial charge is 0.186 e. The summed E-state index contributed by atoms with van der Waals surface area (Å²) in [5.74, 6) is 3.13. The Bertz CT molecular complexity index is 775. The lowest BCUT2D eigenvalue weighted by Gasteiger charge is -2.06. The largest absolute Gasteiger partial charge is 0.485 e. The van der Waals surface area contributed by atoms with E-state index in [1.165, 1.54) is 6.39 Å². The Balaban J connectivity index is 1.85. The van der Waals surface area contributed by atoms with Crippen LogP contribution in [0.2, 0.25) is 0 Å². The van der Waals surface area contributed by atoms with Gasteiger partial charge in [0.1, 0.15) is 23.8 Å². The van der Waals surface area contributed by atoms with E-state index in [1.54, 1.807) is 0 Å². The van der Waals surface area contributed by atoms with Gasteiger partial charge in [0.15, 0.2) is 18.0 Å². The second-order valence-corrected chi connectivity index (χ2v) is 4.68. The number of fused-ring (bicyclic) bond motifs is 2. The molecule has 0 spiro atoms. The van der Waals surface area contributed by atoms with Gasteiger partial charge in [0.2, 0.25) is 0 Å². The summed E-state index contributed by atoms with van der Waals surface area (Å²) in [4.78, 5) is 4.22. The Labute approximate surface area is 115 Å². The van der Waals surface area contributed by atoms with Gasteiger partial charge in [0.25, 0.3) is 0 Å². The zero-order valence-corrected chi connectivity index (χ0v) is 10.9. The predicted molar refractivity (Wildman–Crippen MR) is 70.1 cm³/mol. The van der Waals surface area contributed by atoms with Gasteiger partial charge in [-0.1, -0.05) is 18.2 Å². The quantitative estimate of drug-likeness (QED) is 0.676. The van der Waals surface area contributed by atoms with Crippen molar-refractivity contribution in [3.8, 4) is 17.3 Å². The highest BCUT2D eigenvalue weighted by Gasteiger charge is 2.22. The van der Waals surface area contributed by atoms with Crippen molar-refractivity contribution in [3.05, 3.63) is 47.8 Å². The number of ether oxygens (including phenoxy) is 1. The minimum Gasteiger partial charge on any atom is -0.485 e. The van der Waals surface area contributed by atoms with Crippen LogP contribution in [0, 0.1) is 6.92 Å². The summed E-state index contributed by atoms with van der Waals surface area (Å²) >= 11 is 0. The normalized spacial score (nSPS) is 13.2. The Morgan fingerprint density at radius 2 is 2.10 bits per heavy atom. The van der Waals surface area contributed by atoms with Crippen LogP contribution < -0.4 is 4.74 Å². The minimum atomic E-state index is 0.404. The number of para-hydroxylation sites is 1. The van der Waals surface area contributed by atoms with E-state index < -0.39 is 0 Å². The monoisotopic (exact) mass is 268 g/mol. The van der Waals surface area contributed by atoms with E-state index in [4.69, 9.17) is 9.15 Å². The van der Waals surface area contributed by atoms with E-state index in [0.717, 1.165) is 28.6 Å². The standard InChI is InChI=1S/C14H12N4O2/c1-9-13(15-8-20-9)14-17-16-12-7-19-11-5-3-2-4-10(11)6-18(12)14/h2-5,8H,6-7H2,1H3. The van der Waals surface area contributed by atoms with Gasteiger partial charge in [-0.15, -0.1) is 10.2 Å². The highest BCUT2D eigenvalue weighted by atomic mass is 16.5. The first-order valence-electron chi connectivity index (χ1n) is 6.36. The Morgan fingerprint density at radius 3 is 2.95 bits per heavy atom. The first-order valence-corrected chi connectivity index (χ1v) is 6.36. The van der Waals surface area contributed by atoms with Gasteiger partial charge >= 0.3 is 0 Å². The zero-order valence-electron chi connectivity index (χ0n) is 10.9. The third-order valence-electron chi connectivity index (χ3n) is 3.44. The van der Waals surface area contributed by atoms with Crippen LogP contribution in [0.5, 0.6) is 5.75 Å². The van der Waals surface area contributed by atoms with Gasteiger partial charge < -0.3 is 13.7 Å². The van der Waals surface area contributed by atoms with Crippen molar-refractivity contribution in [2.75, 3.05) is 0 Å². The van der Waals surface area contributed by atoms with Crippen LogP contribution >= 0.6 is 0 Å². The third-order valence-corrected chi connectivity index (χ3v) is 3.44. The molecule has 0 atom stereocenters. The molecule has 20 heavy (non-hydrogen) atoms. The van der Waals surface area contributed by atoms with Gasteiger partial charge in [0.05, 0.1) is 6.54 Å². The van der Waals surface area contributed by atoms with E-state index >= 15 is 0 Å². The molecule has 0 saturated heterocycles. The lowest BCUT2D eigenvalue weighted by Crippen LogP contribution is -2.05. The molecule has 3 aromatic rings. The number of oxazole rings is 1. The Hall–Kier alpha value is -2.63. The van der Waals surface area contributed by atoms with Gasteiger partial charge in [-0.2, -0.15) is 0 Å². The van der Waals surface area contributed by atoms with Gasteiger partial charge in [0, 0.05) is 5.56 Å². The lowest BCUT2D eigenvalue weighted by atomic mass is 10.2. The summed E-state index contributed by atoms with van der Waals surface area (Å²) in [7, 11) is 0. The van der Waals surface area contributed by atoms with Crippen molar-refractivity contribution in [2.45, 2.75) is 20.1 Å². The molecule has 6 nitrogen and oxygen atoms in total. The third kappa shape index (κ3) is 1.61. The van der Waals surface area contributed by atoms with E-state index in [9.17, 15) is 0 Å². The molecule has 0 aliphatic carbocycles. The van der Waals surface area contributed by atoms with Gasteiger partial charge in [-0.3, -0.25) is 0 Å². The number of nitrogens with zero attached hydrogens (tertiary/aromatic N) is 4. The summed E-state index contributed by atoms with van der Waals surface area (Å²) < 4.78 is 13.0. The molecule has 0 fully saturated rings. The summed E-state index contributed by atoms with van der Waals surface area (Å²) in [5, 5.41) is 8.43. The van der Waals surface area contributed by atoms with Crippen LogP contribution in [-0.4, -0.2) is 19.7 Å².